The average Bonchev–Trinajstić information content (AvgIpc) is 3.63. The van der Waals surface area contributed by atoms with Gasteiger partial charge in [-0.05, 0) is 67.6 Å². The first kappa shape index (κ1) is 27.9. The van der Waals surface area contributed by atoms with Crippen molar-refractivity contribution in [1.29, 1.82) is 5.26 Å². The van der Waals surface area contributed by atoms with E-state index in [1.54, 1.807) is 12.1 Å². The summed E-state index contributed by atoms with van der Waals surface area (Å²) in [5.41, 5.74) is 3.14. The predicted octanol–water partition coefficient (Wildman–Crippen LogP) is 6.46. The van der Waals surface area contributed by atoms with E-state index >= 15 is 0 Å². The van der Waals surface area contributed by atoms with Crippen molar-refractivity contribution in [2.24, 2.45) is 11.3 Å². The maximum absolute atomic E-state index is 13.6. The number of nitrogens with one attached hydrogen (secondary N) is 1. The van der Waals surface area contributed by atoms with Gasteiger partial charge in [-0.25, -0.2) is 17.8 Å². The van der Waals surface area contributed by atoms with Crippen LogP contribution in [0.25, 0.3) is 10.4 Å². The Bertz CT molecular complexity index is 1560. The molecule has 41 heavy (non-hydrogen) atoms. The summed E-state index contributed by atoms with van der Waals surface area (Å²) in [6.07, 6.45) is 5.61. The molecule has 2 atom stereocenters. The van der Waals surface area contributed by atoms with Gasteiger partial charge in [0.25, 0.3) is 0 Å². The predicted molar refractivity (Wildman–Crippen MR) is 160 cm³/mol. The number of aromatic nitrogens is 1. The third kappa shape index (κ3) is 6.16. The lowest BCUT2D eigenvalue weighted by Crippen LogP contribution is -2.40. The summed E-state index contributed by atoms with van der Waals surface area (Å²) >= 11 is 1.52. The van der Waals surface area contributed by atoms with Crippen LogP contribution in [0.2, 0.25) is 0 Å². The molecule has 2 heterocycles. The molecule has 6 rings (SSSR count). The Hall–Kier alpha value is -3.29. The van der Waals surface area contributed by atoms with Crippen molar-refractivity contribution < 1.29 is 17.6 Å². The summed E-state index contributed by atoms with van der Waals surface area (Å²) in [6.45, 7) is 0.963. The van der Waals surface area contributed by atoms with E-state index in [0.717, 1.165) is 66.0 Å². The molecule has 3 fully saturated rings. The average molecular weight is 593 g/mol. The minimum absolute atomic E-state index is 0.0345. The van der Waals surface area contributed by atoms with Crippen LogP contribution in [0.3, 0.4) is 0 Å². The van der Waals surface area contributed by atoms with Crippen molar-refractivity contribution in [2.45, 2.75) is 50.9 Å². The number of ketones is 1. The first-order chi connectivity index (χ1) is 19.7. The molecule has 3 aromatic rings. The van der Waals surface area contributed by atoms with Crippen molar-refractivity contribution in [3.63, 3.8) is 0 Å². The number of sulfone groups is 1. The number of thiazole rings is 1. The lowest BCUT2D eigenvalue weighted by molar-refractivity contribution is -0.125. The molecule has 0 unspecified atom stereocenters. The monoisotopic (exact) mass is 592 g/mol. The number of hydrogen-bond acceptors (Lipinski definition) is 8. The van der Waals surface area contributed by atoms with Crippen LogP contribution < -0.4 is 10.2 Å². The van der Waals surface area contributed by atoms with Gasteiger partial charge in [-0.3, -0.25) is 4.79 Å². The second-order valence-electron chi connectivity index (χ2n) is 11.6. The van der Waals surface area contributed by atoms with E-state index in [4.69, 9.17) is 4.98 Å². The summed E-state index contributed by atoms with van der Waals surface area (Å²) in [5.74, 6) is -0.00321. The van der Waals surface area contributed by atoms with Crippen molar-refractivity contribution in [3.8, 4) is 16.5 Å². The maximum Gasteiger partial charge on any atom is 0.187 e. The standard InChI is InChI=1S/C31H33FN4O3S2/c32-22-7-9-23(10-8-22)34-30-35-28(26-4-2-1-3-25(26)27(37)19-31(20-33)13-14-31)29(40-30)21-5-11-24(12-6-21)36-15-17-41(38,39)18-16-36/h5-12,25-26H,1-4,13-19H2,(H,34,35)/t25-,26-/m1/s1. The normalized spacial score (nSPS) is 23.0. The van der Waals surface area contributed by atoms with Gasteiger partial charge in [0.15, 0.2) is 15.0 Å². The molecule has 2 aliphatic carbocycles. The molecule has 10 heteroatoms. The highest BCUT2D eigenvalue weighted by atomic mass is 32.2. The van der Waals surface area contributed by atoms with E-state index < -0.39 is 15.3 Å². The second-order valence-corrected chi connectivity index (χ2v) is 14.9. The lowest BCUT2D eigenvalue weighted by atomic mass is 9.73. The summed E-state index contributed by atoms with van der Waals surface area (Å²) in [6, 6.07) is 16.7. The van der Waals surface area contributed by atoms with Gasteiger partial charge in [-0.2, -0.15) is 5.26 Å². The van der Waals surface area contributed by atoms with Crippen molar-refractivity contribution in [3.05, 3.63) is 60.0 Å². The molecular weight excluding hydrogens is 559 g/mol. The number of nitrogens with zero attached hydrogens (tertiary/aromatic N) is 3. The molecule has 0 bridgehead atoms. The number of anilines is 3. The van der Waals surface area contributed by atoms with Gasteiger partial charge in [0.2, 0.25) is 0 Å². The molecule has 1 N–H and O–H groups in total. The van der Waals surface area contributed by atoms with Gasteiger partial charge in [-0.1, -0.05) is 36.3 Å². The smallest absolute Gasteiger partial charge is 0.187 e. The number of rotatable bonds is 8. The third-order valence-electron chi connectivity index (χ3n) is 8.72. The lowest BCUT2D eigenvalue weighted by Gasteiger charge is -2.31. The van der Waals surface area contributed by atoms with Crippen molar-refractivity contribution in [1.82, 2.24) is 4.98 Å². The van der Waals surface area contributed by atoms with Crippen LogP contribution >= 0.6 is 11.3 Å². The molecule has 214 valence electrons. The number of halogens is 1. The molecule has 3 aliphatic rings. The fourth-order valence-corrected chi connectivity index (χ4v) is 8.34. The number of carbonyl (C=O) groups excluding carboxylic acids is 1. The number of nitriles is 1. The fourth-order valence-electron chi connectivity index (χ4n) is 6.08. The Morgan fingerprint density at radius 3 is 2.41 bits per heavy atom. The number of Topliss-reactive ketones (excluding diaryl/α,β-unsaturated/α-hetero) is 1. The third-order valence-corrected chi connectivity index (χ3v) is 11.4. The quantitative estimate of drug-likeness (QED) is 0.320. The Labute approximate surface area is 244 Å². The SMILES string of the molecule is N#CC1(CC(=O)[C@@H]2CCCC[C@H]2c2nc(Nc3ccc(F)cc3)sc2-c2ccc(N3CCS(=O)(=O)CC3)cc2)CC1. The molecule has 0 radical (unpaired) electrons. The van der Waals surface area contributed by atoms with E-state index in [-0.39, 0.29) is 34.9 Å². The summed E-state index contributed by atoms with van der Waals surface area (Å²) < 4.78 is 37.3. The Balaban J connectivity index is 1.32. The molecular formula is C31H33FN4O3S2. The van der Waals surface area contributed by atoms with Crippen LogP contribution in [-0.4, -0.2) is 43.8 Å². The highest BCUT2D eigenvalue weighted by Crippen LogP contribution is 2.51. The summed E-state index contributed by atoms with van der Waals surface area (Å²) in [4.78, 5) is 21.7. The van der Waals surface area contributed by atoms with Gasteiger partial charge >= 0.3 is 0 Å². The topological polar surface area (TPSA) is 103 Å². The van der Waals surface area contributed by atoms with Gasteiger partial charge in [0, 0.05) is 42.7 Å². The fraction of sp³-hybridized carbons (Fsp3) is 0.452. The van der Waals surface area contributed by atoms with Crippen molar-refractivity contribution >= 4 is 43.5 Å². The molecule has 2 aromatic carbocycles. The van der Waals surface area contributed by atoms with Gasteiger partial charge in [0.05, 0.1) is 33.6 Å². The van der Waals surface area contributed by atoms with Crippen LogP contribution in [0, 0.1) is 28.5 Å². The van der Waals surface area contributed by atoms with Gasteiger partial charge in [0.1, 0.15) is 11.6 Å². The zero-order valence-electron chi connectivity index (χ0n) is 22.8. The molecule has 1 saturated heterocycles. The molecule has 0 amide bonds. The molecule has 1 aromatic heterocycles. The first-order valence-electron chi connectivity index (χ1n) is 14.3. The highest BCUT2D eigenvalue weighted by Gasteiger charge is 2.47. The van der Waals surface area contributed by atoms with Crippen LogP contribution in [-0.2, 0) is 14.6 Å². The largest absolute Gasteiger partial charge is 0.369 e. The molecule has 7 nitrogen and oxygen atoms in total. The van der Waals surface area contributed by atoms with Crippen LogP contribution in [0.5, 0.6) is 0 Å². The Kier molecular flexibility index (Phi) is 7.60. The van der Waals surface area contributed by atoms with E-state index in [9.17, 15) is 22.9 Å². The minimum atomic E-state index is -2.96. The van der Waals surface area contributed by atoms with E-state index in [1.807, 2.05) is 24.3 Å². The van der Waals surface area contributed by atoms with Crippen LogP contribution in [0.4, 0.5) is 20.9 Å². The van der Waals surface area contributed by atoms with E-state index in [1.165, 1.54) is 23.5 Å². The van der Waals surface area contributed by atoms with Gasteiger partial charge in [-0.15, -0.1) is 0 Å². The molecule has 0 spiro atoms. The Morgan fingerprint density at radius 1 is 1.07 bits per heavy atom. The second kappa shape index (κ2) is 11.2. The van der Waals surface area contributed by atoms with Crippen LogP contribution in [0.1, 0.15) is 56.6 Å². The maximum atomic E-state index is 13.6. The van der Waals surface area contributed by atoms with Crippen molar-refractivity contribution in [2.75, 3.05) is 34.8 Å². The number of benzene rings is 2. The van der Waals surface area contributed by atoms with Gasteiger partial charge < -0.3 is 10.2 Å². The molecule has 2 saturated carbocycles. The molecule has 1 aliphatic heterocycles. The summed E-state index contributed by atoms with van der Waals surface area (Å²) in [5, 5.41) is 13.6. The first-order valence-corrected chi connectivity index (χ1v) is 16.9. The zero-order valence-corrected chi connectivity index (χ0v) is 24.4. The van der Waals surface area contributed by atoms with E-state index in [2.05, 4.69) is 16.3 Å². The van der Waals surface area contributed by atoms with Crippen LogP contribution in [0.15, 0.2) is 48.5 Å². The van der Waals surface area contributed by atoms with E-state index in [0.29, 0.717) is 24.6 Å². The Morgan fingerprint density at radius 2 is 1.76 bits per heavy atom. The minimum Gasteiger partial charge on any atom is -0.369 e. The number of hydrogen-bond donors (Lipinski definition) is 1. The number of carbonyl (C=O) groups is 1. The highest BCUT2D eigenvalue weighted by molar-refractivity contribution is 7.91. The summed E-state index contributed by atoms with van der Waals surface area (Å²) in [7, 11) is -2.96. The zero-order chi connectivity index (χ0) is 28.6.